The average Bonchev–Trinajstić information content (AvgIpc) is 3.86. The number of nitrogens with one attached hydrogen (secondary N) is 1. The van der Waals surface area contributed by atoms with E-state index in [4.69, 9.17) is 28.4 Å². The van der Waals surface area contributed by atoms with Gasteiger partial charge in [0.2, 0.25) is 32.2 Å². The second-order valence-corrected chi connectivity index (χ2v) is 16.5. The highest BCUT2D eigenvalue weighted by Gasteiger charge is 2.60. The second kappa shape index (κ2) is 21.0. The van der Waals surface area contributed by atoms with Crippen molar-refractivity contribution in [3.63, 3.8) is 0 Å². The molecule has 3 aliphatic rings. The number of amides is 3. The number of hydrogen-bond acceptors (Lipinski definition) is 16. The standard InChI is InChI=1S/C47H43N3O15S/c1-27-37-36(28(2)51)41(53)50(37)38(46(58)64-25-61-43(55)30-15-8-4-9-16-30)39(27)66-34-22-35(49(23-34)47(59)65-26-63-44(56)31-17-10-5-11-18-31)40(52)48-33-20-12-19-32(21-33)45(57)62-24-60-42(54)29-13-6-3-7-14-29/h3-21,27-28,34-37,51H,22-26H2,1-2H3,(H,48,52)/t27-,28-,34+,35+,36-,37-/m1/s1. The van der Waals surface area contributed by atoms with Gasteiger partial charge in [0.1, 0.15) is 11.7 Å². The summed E-state index contributed by atoms with van der Waals surface area (Å²) in [6.45, 7) is 0.887. The fourth-order valence-corrected chi connectivity index (χ4v) is 9.27. The van der Waals surface area contributed by atoms with E-state index in [0.29, 0.717) is 4.91 Å². The lowest BCUT2D eigenvalue weighted by atomic mass is 9.79. The van der Waals surface area contributed by atoms with Gasteiger partial charge in [-0.15, -0.1) is 11.8 Å². The Morgan fingerprint density at radius 2 is 1.14 bits per heavy atom. The van der Waals surface area contributed by atoms with Crippen LogP contribution in [0, 0.1) is 11.8 Å². The highest BCUT2D eigenvalue weighted by atomic mass is 32.2. The summed E-state index contributed by atoms with van der Waals surface area (Å²) in [5, 5.41) is 12.6. The molecule has 0 bridgehead atoms. The van der Waals surface area contributed by atoms with Gasteiger partial charge < -0.3 is 43.7 Å². The van der Waals surface area contributed by atoms with Gasteiger partial charge in [-0.3, -0.25) is 14.5 Å². The lowest BCUT2D eigenvalue weighted by Gasteiger charge is -2.46. The first-order valence-corrected chi connectivity index (χ1v) is 21.5. The van der Waals surface area contributed by atoms with Gasteiger partial charge in [-0.2, -0.15) is 0 Å². The zero-order valence-electron chi connectivity index (χ0n) is 35.4. The minimum Gasteiger partial charge on any atom is -0.424 e. The van der Waals surface area contributed by atoms with Gasteiger partial charge in [-0.25, -0.2) is 28.8 Å². The Morgan fingerprint density at radius 3 is 1.65 bits per heavy atom. The third kappa shape index (κ3) is 10.5. The predicted octanol–water partition coefficient (Wildman–Crippen LogP) is 5.15. The molecule has 0 radical (unpaired) electrons. The Bertz CT molecular complexity index is 2520. The molecular weight excluding hydrogens is 879 g/mol. The van der Waals surface area contributed by atoms with E-state index in [2.05, 4.69) is 5.32 Å². The van der Waals surface area contributed by atoms with Crippen LogP contribution >= 0.6 is 11.8 Å². The van der Waals surface area contributed by atoms with E-state index in [-0.39, 0.29) is 46.6 Å². The third-order valence-corrected chi connectivity index (χ3v) is 12.4. The van der Waals surface area contributed by atoms with Crippen LogP contribution in [-0.2, 0) is 42.8 Å². The quantitative estimate of drug-likeness (QED) is 0.0641. The molecule has 4 aromatic carbocycles. The van der Waals surface area contributed by atoms with Gasteiger partial charge in [-0.05, 0) is 67.9 Å². The number of esters is 5. The molecule has 66 heavy (non-hydrogen) atoms. The summed E-state index contributed by atoms with van der Waals surface area (Å²) in [5.74, 6) is -6.59. The van der Waals surface area contributed by atoms with E-state index >= 15 is 0 Å². The predicted molar refractivity (Wildman–Crippen MR) is 232 cm³/mol. The monoisotopic (exact) mass is 921 g/mol. The molecule has 0 unspecified atom stereocenters. The van der Waals surface area contributed by atoms with Crippen molar-refractivity contribution in [3.8, 4) is 0 Å². The van der Waals surface area contributed by atoms with Crippen molar-refractivity contribution in [2.75, 3.05) is 32.2 Å². The van der Waals surface area contributed by atoms with E-state index in [1.807, 2.05) is 0 Å². The molecule has 0 spiro atoms. The summed E-state index contributed by atoms with van der Waals surface area (Å²) < 4.78 is 31.1. The van der Waals surface area contributed by atoms with Gasteiger partial charge >= 0.3 is 35.9 Å². The van der Waals surface area contributed by atoms with Crippen molar-refractivity contribution in [3.05, 3.63) is 148 Å². The third-order valence-electron chi connectivity index (χ3n) is 10.9. The molecule has 7 rings (SSSR count). The normalized spacial score (nSPS) is 20.0. The lowest BCUT2D eigenvalue weighted by Crippen LogP contribution is -2.63. The molecule has 6 atom stereocenters. The molecule has 2 fully saturated rings. The van der Waals surface area contributed by atoms with Crippen molar-refractivity contribution in [1.29, 1.82) is 0 Å². The Hall–Kier alpha value is -7.51. The Labute approximate surface area is 381 Å². The smallest absolute Gasteiger partial charge is 0.413 e. The minimum absolute atomic E-state index is 0.00555. The van der Waals surface area contributed by atoms with Gasteiger partial charge in [0.05, 0.1) is 40.3 Å². The topological polar surface area (TPSA) is 231 Å². The van der Waals surface area contributed by atoms with Crippen LogP contribution in [0.3, 0.4) is 0 Å². The first kappa shape index (κ1) is 46.5. The van der Waals surface area contributed by atoms with Crippen LogP contribution in [0.25, 0.3) is 0 Å². The number of hydrogen-bond donors (Lipinski definition) is 2. The van der Waals surface area contributed by atoms with Crippen LogP contribution < -0.4 is 5.32 Å². The van der Waals surface area contributed by atoms with E-state index in [0.717, 1.165) is 16.7 Å². The molecule has 3 aliphatic heterocycles. The molecule has 0 aromatic heterocycles. The molecule has 342 valence electrons. The number of thioether (sulfide) groups is 1. The molecular formula is C47H43N3O15S. The lowest BCUT2D eigenvalue weighted by molar-refractivity contribution is -0.166. The molecule has 2 N–H and O–H groups in total. The highest BCUT2D eigenvalue weighted by molar-refractivity contribution is 8.03. The van der Waals surface area contributed by atoms with Crippen molar-refractivity contribution < 1.29 is 71.9 Å². The number of carbonyl (C=O) groups is 8. The number of ether oxygens (including phenoxy) is 6. The van der Waals surface area contributed by atoms with E-state index in [9.17, 15) is 43.5 Å². The average molecular weight is 922 g/mol. The van der Waals surface area contributed by atoms with Gasteiger partial charge in [0.25, 0.3) is 0 Å². The fourth-order valence-electron chi connectivity index (χ4n) is 7.75. The Kier molecular flexibility index (Phi) is 14.8. The summed E-state index contributed by atoms with van der Waals surface area (Å²) in [6.07, 6.45) is -2.08. The largest absolute Gasteiger partial charge is 0.424 e. The van der Waals surface area contributed by atoms with Crippen molar-refractivity contribution in [2.45, 2.75) is 43.7 Å². The number of aliphatic hydroxyl groups is 1. The Balaban J connectivity index is 1.07. The van der Waals surface area contributed by atoms with Crippen LogP contribution in [0.2, 0.25) is 0 Å². The molecule has 3 heterocycles. The number of aliphatic hydroxyl groups excluding tert-OH is 1. The van der Waals surface area contributed by atoms with Crippen LogP contribution in [0.4, 0.5) is 10.5 Å². The minimum atomic E-state index is -1.22. The molecule has 2 saturated heterocycles. The van der Waals surface area contributed by atoms with E-state index in [1.165, 1.54) is 72.5 Å². The number of benzene rings is 4. The van der Waals surface area contributed by atoms with Crippen LogP contribution in [0.5, 0.6) is 0 Å². The van der Waals surface area contributed by atoms with Crippen LogP contribution in [-0.4, -0.2) is 113 Å². The summed E-state index contributed by atoms with van der Waals surface area (Å²) in [5.41, 5.74) is 0.733. The molecule has 0 saturated carbocycles. The van der Waals surface area contributed by atoms with Gasteiger partial charge in [0.15, 0.2) is 0 Å². The van der Waals surface area contributed by atoms with Crippen molar-refractivity contribution >= 4 is 65.2 Å². The molecule has 18 nitrogen and oxygen atoms in total. The SMILES string of the molecule is C[C@@H](O)[C@H]1C(=O)N2C(C(=O)OCOC(=O)c3ccccc3)=C(S[C@H]3C[C@@H](C(=O)Nc4cccc(C(=O)OCOC(=O)c5ccccc5)c4)N(C(=O)OCOC(=O)c4ccccc4)C3)[C@H](C)[C@H]12. The van der Waals surface area contributed by atoms with E-state index < -0.39 is 103 Å². The number of β-lactam (4-membered cyclic amide) rings is 1. The second-order valence-electron chi connectivity index (χ2n) is 15.2. The molecule has 4 aromatic rings. The van der Waals surface area contributed by atoms with Gasteiger partial charge in [0, 0.05) is 28.3 Å². The number of anilines is 1. The fraction of sp³-hybridized carbons (Fsp3) is 0.277. The van der Waals surface area contributed by atoms with Crippen molar-refractivity contribution in [1.82, 2.24) is 9.80 Å². The number of likely N-dealkylation sites (tertiary alicyclic amines) is 1. The summed E-state index contributed by atoms with van der Waals surface area (Å²) in [6, 6.07) is 28.0. The zero-order chi connectivity index (χ0) is 46.9. The molecule has 0 aliphatic carbocycles. The number of carbonyl (C=O) groups excluding carboxylic acids is 8. The molecule has 3 amide bonds. The number of rotatable bonds is 16. The first-order valence-electron chi connectivity index (χ1n) is 20.6. The summed E-state index contributed by atoms with van der Waals surface area (Å²) >= 11 is 1.13. The zero-order valence-corrected chi connectivity index (χ0v) is 36.3. The van der Waals surface area contributed by atoms with Gasteiger partial charge in [-0.1, -0.05) is 67.6 Å². The van der Waals surface area contributed by atoms with Crippen LogP contribution in [0.15, 0.2) is 126 Å². The number of fused-ring (bicyclic) bond motifs is 1. The maximum atomic E-state index is 14.1. The van der Waals surface area contributed by atoms with Crippen LogP contribution in [0.1, 0.15) is 61.7 Å². The van der Waals surface area contributed by atoms with Crippen molar-refractivity contribution in [2.24, 2.45) is 11.8 Å². The number of nitrogens with zero attached hydrogens (tertiary/aromatic N) is 2. The maximum Gasteiger partial charge on any atom is 0.413 e. The molecule has 19 heteroatoms. The summed E-state index contributed by atoms with van der Waals surface area (Å²) in [4.78, 5) is 108. The van der Waals surface area contributed by atoms with E-state index in [1.54, 1.807) is 61.5 Å². The Morgan fingerprint density at radius 1 is 0.667 bits per heavy atom. The highest BCUT2D eigenvalue weighted by Crippen LogP contribution is 2.52. The maximum absolute atomic E-state index is 14.1. The first-order chi connectivity index (χ1) is 31.8. The summed E-state index contributed by atoms with van der Waals surface area (Å²) in [7, 11) is 0.